The molecule has 2 rings (SSSR count). The third kappa shape index (κ3) is 2.94. The number of unbranched alkanes of at least 4 members (excludes halogenated alkanes) is 3. The molecule has 0 saturated heterocycles. The van der Waals surface area contributed by atoms with E-state index in [1.165, 1.54) is 70.6 Å². The summed E-state index contributed by atoms with van der Waals surface area (Å²) in [4.78, 5) is 0. The van der Waals surface area contributed by atoms with E-state index in [2.05, 4.69) is 13.8 Å². The lowest BCUT2D eigenvalue weighted by Crippen LogP contribution is -2.40. The van der Waals surface area contributed by atoms with E-state index in [-0.39, 0.29) is 0 Å². The largest absolute Gasteiger partial charge is 0.0654 e. The van der Waals surface area contributed by atoms with E-state index in [1.807, 2.05) is 0 Å². The van der Waals surface area contributed by atoms with Crippen LogP contribution in [-0.2, 0) is 0 Å². The average molecular weight is 250 g/mol. The van der Waals surface area contributed by atoms with Crippen LogP contribution in [0.5, 0.6) is 0 Å². The second-order valence-electron chi connectivity index (χ2n) is 7.42. The van der Waals surface area contributed by atoms with E-state index in [4.69, 9.17) is 0 Å². The second-order valence-corrected chi connectivity index (χ2v) is 7.42. The molecule has 0 radical (unpaired) electrons. The number of hydrogen-bond donors (Lipinski definition) is 0. The minimum atomic E-state index is 0.708. The van der Waals surface area contributed by atoms with Crippen LogP contribution in [0.15, 0.2) is 0 Å². The highest BCUT2D eigenvalue weighted by Gasteiger charge is 2.48. The summed E-state index contributed by atoms with van der Waals surface area (Å²) in [6, 6.07) is 0. The molecule has 0 bridgehead atoms. The van der Waals surface area contributed by atoms with Crippen LogP contribution in [0.4, 0.5) is 0 Å². The zero-order valence-electron chi connectivity index (χ0n) is 12.9. The molecule has 0 spiro atoms. The summed E-state index contributed by atoms with van der Waals surface area (Å²) in [7, 11) is 0. The fourth-order valence-corrected chi connectivity index (χ4v) is 4.96. The Hall–Kier alpha value is 0. The molecule has 0 atom stereocenters. The van der Waals surface area contributed by atoms with E-state index in [0.717, 1.165) is 5.41 Å². The quantitative estimate of drug-likeness (QED) is 0.473. The first-order valence-corrected chi connectivity index (χ1v) is 8.72. The van der Waals surface area contributed by atoms with Crippen molar-refractivity contribution in [1.82, 2.24) is 0 Å². The lowest BCUT2D eigenvalue weighted by Gasteiger charge is -2.50. The van der Waals surface area contributed by atoms with Crippen molar-refractivity contribution in [2.75, 3.05) is 0 Å². The minimum Gasteiger partial charge on any atom is -0.0654 e. The van der Waals surface area contributed by atoms with E-state index in [1.54, 1.807) is 19.3 Å². The fraction of sp³-hybridized carbons (Fsp3) is 1.00. The Morgan fingerprint density at radius 3 is 1.94 bits per heavy atom. The van der Waals surface area contributed by atoms with Gasteiger partial charge < -0.3 is 0 Å². The van der Waals surface area contributed by atoms with Gasteiger partial charge in [-0.05, 0) is 42.9 Å². The van der Waals surface area contributed by atoms with Gasteiger partial charge in [0.05, 0.1) is 0 Å². The maximum absolute atomic E-state index is 2.64. The van der Waals surface area contributed by atoms with Crippen molar-refractivity contribution in [3.05, 3.63) is 0 Å². The van der Waals surface area contributed by atoms with Crippen LogP contribution in [0.25, 0.3) is 0 Å². The van der Waals surface area contributed by atoms with Crippen LogP contribution in [0, 0.1) is 10.8 Å². The molecule has 0 aromatic rings. The summed E-state index contributed by atoms with van der Waals surface area (Å²) in [5.74, 6) is 0. The van der Waals surface area contributed by atoms with Gasteiger partial charge in [-0.25, -0.2) is 0 Å². The monoisotopic (exact) mass is 250 g/mol. The predicted octanol–water partition coefficient (Wildman–Crippen LogP) is 6.49. The normalized spacial score (nSPS) is 26.3. The van der Waals surface area contributed by atoms with Gasteiger partial charge in [0.25, 0.3) is 0 Å². The molecule has 0 aromatic heterocycles. The first-order valence-electron chi connectivity index (χ1n) is 8.72. The van der Waals surface area contributed by atoms with Crippen molar-refractivity contribution in [2.24, 2.45) is 10.8 Å². The molecule has 18 heavy (non-hydrogen) atoms. The summed E-state index contributed by atoms with van der Waals surface area (Å²) in [5, 5.41) is 0. The Labute approximate surface area is 115 Å². The molecule has 0 nitrogen and oxygen atoms in total. The van der Waals surface area contributed by atoms with Crippen LogP contribution < -0.4 is 0 Å². The highest BCUT2D eigenvalue weighted by atomic mass is 14.5. The van der Waals surface area contributed by atoms with Gasteiger partial charge in [0.2, 0.25) is 0 Å². The van der Waals surface area contributed by atoms with Crippen molar-refractivity contribution >= 4 is 0 Å². The van der Waals surface area contributed by atoms with Crippen LogP contribution in [-0.4, -0.2) is 0 Å². The Bertz CT molecular complexity index is 228. The van der Waals surface area contributed by atoms with Gasteiger partial charge in [-0.1, -0.05) is 71.6 Å². The molecule has 2 aliphatic carbocycles. The van der Waals surface area contributed by atoms with Crippen molar-refractivity contribution in [2.45, 2.75) is 104 Å². The SMILES string of the molecule is CCCCCCC1(C2(C)CCCC2)CCCCC1. The Morgan fingerprint density at radius 2 is 1.33 bits per heavy atom. The maximum atomic E-state index is 2.64. The maximum Gasteiger partial charge on any atom is -0.0244 e. The number of hydrogen-bond acceptors (Lipinski definition) is 0. The molecular weight excluding hydrogens is 216 g/mol. The third-order valence-corrected chi connectivity index (χ3v) is 6.31. The summed E-state index contributed by atoms with van der Waals surface area (Å²) in [5.41, 5.74) is 1.45. The highest BCUT2D eigenvalue weighted by molar-refractivity contribution is 4.99. The molecule has 0 aromatic carbocycles. The summed E-state index contributed by atoms with van der Waals surface area (Å²) < 4.78 is 0. The molecule has 2 fully saturated rings. The Morgan fingerprint density at radius 1 is 0.722 bits per heavy atom. The van der Waals surface area contributed by atoms with Crippen LogP contribution in [0.1, 0.15) is 104 Å². The first-order chi connectivity index (χ1) is 8.72. The average Bonchev–Trinajstić information content (AvgIpc) is 2.85. The standard InChI is InChI=1S/C18H34/c1-3-4-5-7-14-18(15-8-6-9-16-18)17(2)12-10-11-13-17/h3-16H2,1-2H3. The van der Waals surface area contributed by atoms with Gasteiger partial charge in [0, 0.05) is 0 Å². The van der Waals surface area contributed by atoms with Gasteiger partial charge >= 0.3 is 0 Å². The molecule has 0 unspecified atom stereocenters. The van der Waals surface area contributed by atoms with Crippen LogP contribution in [0.3, 0.4) is 0 Å². The molecule has 0 heteroatoms. The van der Waals surface area contributed by atoms with Gasteiger partial charge in [-0.2, -0.15) is 0 Å². The van der Waals surface area contributed by atoms with E-state index in [0.29, 0.717) is 5.41 Å². The second kappa shape index (κ2) is 6.44. The zero-order valence-corrected chi connectivity index (χ0v) is 12.9. The van der Waals surface area contributed by atoms with Crippen molar-refractivity contribution in [1.29, 1.82) is 0 Å². The lowest BCUT2D eigenvalue weighted by atomic mass is 9.55. The Kier molecular flexibility index (Phi) is 5.15. The van der Waals surface area contributed by atoms with E-state index >= 15 is 0 Å². The van der Waals surface area contributed by atoms with Gasteiger partial charge in [-0.3, -0.25) is 0 Å². The molecule has 2 saturated carbocycles. The highest BCUT2D eigenvalue weighted by Crippen LogP contribution is 2.59. The van der Waals surface area contributed by atoms with Gasteiger partial charge in [0.15, 0.2) is 0 Å². The molecule has 0 heterocycles. The minimum absolute atomic E-state index is 0.708. The Balaban J connectivity index is 1.98. The number of rotatable bonds is 6. The molecule has 106 valence electrons. The molecule has 0 N–H and O–H groups in total. The van der Waals surface area contributed by atoms with Gasteiger partial charge in [0.1, 0.15) is 0 Å². The first kappa shape index (κ1) is 14.4. The molecule has 2 aliphatic rings. The summed E-state index contributed by atoms with van der Waals surface area (Å²) in [6.45, 7) is 4.97. The lowest BCUT2D eigenvalue weighted by molar-refractivity contribution is 0.00342. The third-order valence-electron chi connectivity index (χ3n) is 6.31. The van der Waals surface area contributed by atoms with E-state index in [9.17, 15) is 0 Å². The van der Waals surface area contributed by atoms with Crippen molar-refractivity contribution < 1.29 is 0 Å². The van der Waals surface area contributed by atoms with Crippen LogP contribution in [0.2, 0.25) is 0 Å². The smallest absolute Gasteiger partial charge is 0.0244 e. The predicted molar refractivity (Wildman–Crippen MR) is 80.9 cm³/mol. The van der Waals surface area contributed by atoms with E-state index < -0.39 is 0 Å². The molecular formula is C18H34. The van der Waals surface area contributed by atoms with Crippen molar-refractivity contribution in [3.63, 3.8) is 0 Å². The van der Waals surface area contributed by atoms with Crippen LogP contribution >= 0.6 is 0 Å². The molecule has 0 aliphatic heterocycles. The molecule has 0 amide bonds. The topological polar surface area (TPSA) is 0 Å². The fourth-order valence-electron chi connectivity index (χ4n) is 4.96. The van der Waals surface area contributed by atoms with Crippen molar-refractivity contribution in [3.8, 4) is 0 Å². The van der Waals surface area contributed by atoms with Gasteiger partial charge in [-0.15, -0.1) is 0 Å². The zero-order chi connectivity index (χ0) is 12.9. The summed E-state index contributed by atoms with van der Waals surface area (Å²) in [6.07, 6.45) is 21.1. The summed E-state index contributed by atoms with van der Waals surface area (Å²) >= 11 is 0.